The molecule has 0 bridgehead atoms. The van der Waals surface area contributed by atoms with Crippen LogP contribution in [-0.4, -0.2) is 50.9 Å². The van der Waals surface area contributed by atoms with E-state index in [0.29, 0.717) is 12.0 Å². The number of carbonyl (C=O) groups is 1. The molecular formula is C6H10O4S. The van der Waals surface area contributed by atoms with E-state index in [1.54, 1.807) is 0 Å². The zero-order valence-electron chi connectivity index (χ0n) is 5.75. The molecule has 0 amide bonds. The van der Waals surface area contributed by atoms with Gasteiger partial charge in [-0.25, -0.2) is 0 Å². The normalized spacial score (nSPS) is 40.5. The van der Waals surface area contributed by atoms with Gasteiger partial charge in [0, 0.05) is 5.75 Å². The maximum Gasteiger partial charge on any atom is 0.149 e. The molecule has 0 aromatic heterocycles. The van der Waals surface area contributed by atoms with Gasteiger partial charge in [0.25, 0.3) is 0 Å². The largest absolute Gasteiger partial charge is 0.390 e. The van der Waals surface area contributed by atoms with E-state index in [4.69, 9.17) is 15.3 Å². The van der Waals surface area contributed by atoms with Crippen LogP contribution in [0.25, 0.3) is 0 Å². The van der Waals surface area contributed by atoms with Crippen LogP contribution in [0.5, 0.6) is 0 Å². The molecule has 3 N–H and O–H groups in total. The van der Waals surface area contributed by atoms with E-state index in [0.717, 1.165) is 0 Å². The minimum Gasteiger partial charge on any atom is -0.390 e. The Labute approximate surface area is 68.2 Å². The zero-order valence-corrected chi connectivity index (χ0v) is 6.57. The highest BCUT2D eigenvalue weighted by molar-refractivity contribution is 8.00. The molecule has 1 heterocycles. The highest BCUT2D eigenvalue weighted by Crippen LogP contribution is 2.29. The monoisotopic (exact) mass is 178 g/mol. The standard InChI is InChI=1S/C6H10O4S/c7-1-3(8)6-5(10)4(9)2-11-6/h1,3-6,8-10H,2H2. The minimum absolute atomic E-state index is 0.372. The van der Waals surface area contributed by atoms with E-state index < -0.39 is 23.6 Å². The van der Waals surface area contributed by atoms with Crippen LogP contribution in [-0.2, 0) is 4.79 Å². The van der Waals surface area contributed by atoms with Gasteiger partial charge in [0.1, 0.15) is 12.4 Å². The second kappa shape index (κ2) is 3.53. The summed E-state index contributed by atoms with van der Waals surface area (Å²) in [7, 11) is 0. The Balaban J connectivity index is 2.54. The van der Waals surface area contributed by atoms with E-state index >= 15 is 0 Å². The molecule has 0 radical (unpaired) electrons. The number of carbonyl (C=O) groups excluding carboxylic acids is 1. The number of aldehydes is 1. The average molecular weight is 178 g/mol. The van der Waals surface area contributed by atoms with E-state index in [9.17, 15) is 4.79 Å². The smallest absolute Gasteiger partial charge is 0.149 e. The summed E-state index contributed by atoms with van der Waals surface area (Å²) in [4.78, 5) is 10.1. The predicted molar refractivity (Wildman–Crippen MR) is 40.3 cm³/mol. The molecule has 1 rings (SSSR count). The first kappa shape index (κ1) is 8.99. The van der Waals surface area contributed by atoms with Crippen LogP contribution in [0.15, 0.2) is 0 Å². The van der Waals surface area contributed by atoms with Gasteiger partial charge in [-0.05, 0) is 0 Å². The summed E-state index contributed by atoms with van der Waals surface area (Å²) in [6.45, 7) is 0. The summed E-state index contributed by atoms with van der Waals surface area (Å²) >= 11 is 1.21. The van der Waals surface area contributed by atoms with Crippen molar-refractivity contribution in [3.63, 3.8) is 0 Å². The van der Waals surface area contributed by atoms with E-state index in [2.05, 4.69) is 0 Å². The first-order chi connectivity index (χ1) is 5.16. The second-order valence-corrected chi connectivity index (χ2v) is 3.69. The van der Waals surface area contributed by atoms with Crippen LogP contribution in [0, 0.1) is 0 Å². The Hall–Kier alpha value is -0.100. The van der Waals surface area contributed by atoms with Gasteiger partial charge in [-0.2, -0.15) is 0 Å². The van der Waals surface area contributed by atoms with Gasteiger partial charge in [-0.15, -0.1) is 11.8 Å². The van der Waals surface area contributed by atoms with Gasteiger partial charge in [-0.1, -0.05) is 0 Å². The van der Waals surface area contributed by atoms with E-state index in [1.807, 2.05) is 0 Å². The third kappa shape index (κ3) is 1.73. The molecule has 1 saturated heterocycles. The summed E-state index contributed by atoms with van der Waals surface area (Å²) in [5.41, 5.74) is 0. The van der Waals surface area contributed by atoms with Crippen molar-refractivity contribution in [2.45, 2.75) is 23.6 Å². The second-order valence-electron chi connectivity index (χ2n) is 2.48. The fraction of sp³-hybridized carbons (Fsp3) is 0.833. The summed E-state index contributed by atoms with van der Waals surface area (Å²) < 4.78 is 0. The molecule has 1 aliphatic heterocycles. The third-order valence-electron chi connectivity index (χ3n) is 1.67. The Morgan fingerprint density at radius 3 is 2.55 bits per heavy atom. The fourth-order valence-electron chi connectivity index (χ4n) is 1.00. The molecule has 0 saturated carbocycles. The molecule has 0 spiro atoms. The molecule has 0 aromatic rings. The van der Waals surface area contributed by atoms with Crippen LogP contribution in [0.4, 0.5) is 0 Å². The summed E-state index contributed by atoms with van der Waals surface area (Å²) in [5, 5.41) is 26.6. The molecule has 1 aliphatic rings. The van der Waals surface area contributed by atoms with Crippen molar-refractivity contribution >= 4 is 18.0 Å². The van der Waals surface area contributed by atoms with Gasteiger partial charge in [0.05, 0.1) is 17.5 Å². The minimum atomic E-state index is -1.17. The number of aliphatic hydroxyl groups is 3. The van der Waals surface area contributed by atoms with Crippen LogP contribution in [0.2, 0.25) is 0 Å². The molecular weight excluding hydrogens is 168 g/mol. The van der Waals surface area contributed by atoms with Crippen molar-refractivity contribution in [3.8, 4) is 0 Å². The highest BCUT2D eigenvalue weighted by atomic mass is 32.2. The Bertz CT molecular complexity index is 152. The third-order valence-corrected chi connectivity index (χ3v) is 3.14. The molecule has 4 atom stereocenters. The lowest BCUT2D eigenvalue weighted by Gasteiger charge is -2.16. The van der Waals surface area contributed by atoms with Crippen molar-refractivity contribution in [1.82, 2.24) is 0 Å². The molecule has 11 heavy (non-hydrogen) atoms. The quantitative estimate of drug-likeness (QED) is 0.443. The van der Waals surface area contributed by atoms with E-state index in [-0.39, 0.29) is 0 Å². The molecule has 64 valence electrons. The molecule has 4 unspecified atom stereocenters. The van der Waals surface area contributed by atoms with Crippen molar-refractivity contribution < 1.29 is 20.1 Å². The summed E-state index contributed by atoms with van der Waals surface area (Å²) in [6.07, 6.45) is -2.61. The molecule has 0 aliphatic carbocycles. The molecule has 1 fully saturated rings. The van der Waals surface area contributed by atoms with Crippen LogP contribution in [0.1, 0.15) is 0 Å². The highest BCUT2D eigenvalue weighted by Gasteiger charge is 2.38. The van der Waals surface area contributed by atoms with Gasteiger partial charge in [0.15, 0.2) is 0 Å². The lowest BCUT2D eigenvalue weighted by molar-refractivity contribution is -0.116. The molecule has 4 nitrogen and oxygen atoms in total. The lowest BCUT2D eigenvalue weighted by Crippen LogP contribution is -2.37. The average Bonchev–Trinajstić information content (AvgIpc) is 2.32. The maximum atomic E-state index is 10.1. The van der Waals surface area contributed by atoms with Crippen LogP contribution < -0.4 is 0 Å². The first-order valence-corrected chi connectivity index (χ1v) is 4.33. The maximum absolute atomic E-state index is 10.1. The number of hydrogen-bond donors (Lipinski definition) is 3. The van der Waals surface area contributed by atoms with Gasteiger partial charge in [-0.3, -0.25) is 0 Å². The molecule has 0 aromatic carbocycles. The fourth-order valence-corrected chi connectivity index (χ4v) is 2.26. The van der Waals surface area contributed by atoms with E-state index in [1.165, 1.54) is 11.8 Å². The number of hydrogen-bond acceptors (Lipinski definition) is 5. The summed E-state index contributed by atoms with van der Waals surface area (Å²) in [5.74, 6) is 0.372. The van der Waals surface area contributed by atoms with Crippen molar-refractivity contribution in [3.05, 3.63) is 0 Å². The SMILES string of the molecule is O=CC(O)C1SCC(O)C1O. The van der Waals surface area contributed by atoms with Gasteiger partial charge < -0.3 is 20.1 Å². The van der Waals surface area contributed by atoms with Crippen molar-refractivity contribution in [1.29, 1.82) is 0 Å². The first-order valence-electron chi connectivity index (χ1n) is 3.28. The Kier molecular flexibility index (Phi) is 2.89. The Morgan fingerprint density at radius 1 is 1.55 bits per heavy atom. The number of rotatable bonds is 2. The predicted octanol–water partition coefficient (Wildman–Crippen LogP) is -1.62. The van der Waals surface area contributed by atoms with Crippen molar-refractivity contribution in [2.75, 3.05) is 5.75 Å². The van der Waals surface area contributed by atoms with Gasteiger partial charge >= 0.3 is 0 Å². The summed E-state index contributed by atoms with van der Waals surface area (Å²) in [6, 6.07) is 0. The van der Waals surface area contributed by atoms with Crippen LogP contribution >= 0.6 is 11.8 Å². The Morgan fingerprint density at radius 2 is 2.18 bits per heavy atom. The number of aliphatic hydroxyl groups excluding tert-OH is 3. The zero-order chi connectivity index (χ0) is 8.43. The van der Waals surface area contributed by atoms with Gasteiger partial charge in [0.2, 0.25) is 0 Å². The molecule has 5 heteroatoms. The van der Waals surface area contributed by atoms with Crippen LogP contribution in [0.3, 0.4) is 0 Å². The van der Waals surface area contributed by atoms with Crippen molar-refractivity contribution in [2.24, 2.45) is 0 Å². The lowest BCUT2D eigenvalue weighted by atomic mass is 10.1. The topological polar surface area (TPSA) is 77.8 Å². The number of thioether (sulfide) groups is 1.